The van der Waals surface area contributed by atoms with Crippen molar-refractivity contribution in [2.24, 2.45) is 0 Å². The maximum Gasteiger partial charge on any atom is 0.327 e. The first kappa shape index (κ1) is 13.8. The molecule has 19 heavy (non-hydrogen) atoms. The van der Waals surface area contributed by atoms with E-state index in [1.807, 2.05) is 30.3 Å². The van der Waals surface area contributed by atoms with Crippen molar-refractivity contribution in [2.45, 2.75) is 10.5 Å². The second-order valence-corrected chi connectivity index (χ2v) is 5.04. The van der Waals surface area contributed by atoms with Crippen LogP contribution in [-0.4, -0.2) is 15.7 Å². The van der Waals surface area contributed by atoms with Crippen molar-refractivity contribution in [3.8, 4) is 0 Å². The Morgan fingerprint density at radius 2 is 1.89 bits per heavy atom. The lowest BCUT2D eigenvalue weighted by Crippen LogP contribution is -2.26. The molecule has 1 heterocycles. The topological polar surface area (TPSA) is 56.5 Å². The number of hydrogen-bond acceptors (Lipinski definition) is 4. The number of furan rings is 1. The van der Waals surface area contributed by atoms with E-state index >= 15 is 0 Å². The number of esters is 1. The van der Waals surface area contributed by atoms with Gasteiger partial charge in [-0.2, -0.15) is 0 Å². The second-order valence-electron chi connectivity index (χ2n) is 3.80. The predicted molar refractivity (Wildman–Crippen MR) is 77.1 cm³/mol. The fraction of sp³-hybridized carbons (Fsp3) is 0.143. The van der Waals surface area contributed by atoms with Crippen molar-refractivity contribution >= 4 is 34.3 Å². The summed E-state index contributed by atoms with van der Waals surface area (Å²) in [6, 6.07) is 12.4. The molecule has 0 amide bonds. The lowest BCUT2D eigenvalue weighted by atomic mass is 10.2. The van der Waals surface area contributed by atoms with Crippen LogP contribution in [-0.2, 0) is 16.1 Å². The van der Waals surface area contributed by atoms with Gasteiger partial charge in [-0.15, -0.1) is 0 Å². The van der Waals surface area contributed by atoms with Gasteiger partial charge >= 0.3 is 5.97 Å². The number of ketones is 1. The predicted octanol–water partition coefficient (Wildman–Crippen LogP) is 3.01. The van der Waals surface area contributed by atoms with Gasteiger partial charge in [0.1, 0.15) is 6.61 Å². The Labute approximate surface area is 123 Å². The van der Waals surface area contributed by atoms with Gasteiger partial charge in [-0.1, -0.05) is 52.9 Å². The summed E-state index contributed by atoms with van der Waals surface area (Å²) in [6.07, 6.45) is 1.39. The van der Waals surface area contributed by atoms with E-state index in [1.165, 1.54) is 12.3 Å². The average molecular weight is 370 g/mol. The first-order valence-corrected chi connectivity index (χ1v) is 6.85. The number of hydrogen-bond donors (Lipinski definition) is 0. The van der Waals surface area contributed by atoms with Gasteiger partial charge in [0, 0.05) is 0 Å². The Morgan fingerprint density at radius 1 is 1.16 bits per heavy atom. The normalized spacial score (nSPS) is 11.8. The highest BCUT2D eigenvalue weighted by molar-refractivity contribution is 14.1. The van der Waals surface area contributed by atoms with Crippen LogP contribution in [0.5, 0.6) is 0 Å². The van der Waals surface area contributed by atoms with Crippen LogP contribution >= 0.6 is 22.6 Å². The van der Waals surface area contributed by atoms with Crippen molar-refractivity contribution in [1.82, 2.24) is 0 Å². The van der Waals surface area contributed by atoms with Crippen LogP contribution in [0.3, 0.4) is 0 Å². The largest absolute Gasteiger partial charge is 0.461 e. The quantitative estimate of drug-likeness (QED) is 0.267. The highest BCUT2D eigenvalue weighted by Crippen LogP contribution is 2.14. The minimum absolute atomic E-state index is 0.157. The number of ether oxygens (including phenoxy) is 1. The van der Waals surface area contributed by atoms with Crippen molar-refractivity contribution in [3.05, 3.63) is 60.1 Å². The minimum atomic E-state index is -0.896. The zero-order valence-electron chi connectivity index (χ0n) is 9.91. The maximum atomic E-state index is 11.9. The van der Waals surface area contributed by atoms with Gasteiger partial charge in [-0.05, 0) is 17.7 Å². The lowest BCUT2D eigenvalue weighted by molar-refractivity contribution is -0.142. The fourth-order valence-electron chi connectivity index (χ4n) is 1.45. The summed E-state index contributed by atoms with van der Waals surface area (Å²) in [7, 11) is 0. The second kappa shape index (κ2) is 6.51. The lowest BCUT2D eigenvalue weighted by Gasteiger charge is -2.08. The van der Waals surface area contributed by atoms with Crippen LogP contribution in [0.15, 0.2) is 53.1 Å². The molecule has 0 radical (unpaired) electrons. The van der Waals surface area contributed by atoms with Crippen molar-refractivity contribution in [1.29, 1.82) is 0 Å². The van der Waals surface area contributed by atoms with E-state index < -0.39 is 9.89 Å². The molecule has 0 spiro atoms. The zero-order chi connectivity index (χ0) is 13.7. The molecule has 1 atom stereocenters. The highest BCUT2D eigenvalue weighted by Gasteiger charge is 2.27. The van der Waals surface area contributed by atoms with E-state index in [1.54, 1.807) is 28.7 Å². The van der Waals surface area contributed by atoms with Crippen LogP contribution < -0.4 is 0 Å². The molecule has 0 saturated carbocycles. The Kier molecular flexibility index (Phi) is 4.73. The molecule has 0 saturated heterocycles. The Balaban J connectivity index is 1.91. The van der Waals surface area contributed by atoms with Gasteiger partial charge in [-0.3, -0.25) is 9.59 Å². The Hall–Kier alpha value is -1.63. The summed E-state index contributed by atoms with van der Waals surface area (Å²) in [5.74, 6) is -0.787. The summed E-state index contributed by atoms with van der Waals surface area (Å²) < 4.78 is 9.17. The van der Waals surface area contributed by atoms with E-state index in [0.717, 1.165) is 5.56 Å². The van der Waals surface area contributed by atoms with Crippen LogP contribution in [0.2, 0.25) is 0 Å². The summed E-state index contributed by atoms with van der Waals surface area (Å²) in [5.41, 5.74) is 0.880. The van der Waals surface area contributed by atoms with Crippen LogP contribution in [0.4, 0.5) is 0 Å². The first-order chi connectivity index (χ1) is 9.18. The molecule has 4 nitrogen and oxygen atoms in total. The first-order valence-electron chi connectivity index (χ1n) is 5.61. The monoisotopic (exact) mass is 370 g/mol. The molecule has 2 aromatic rings. The number of benzene rings is 1. The van der Waals surface area contributed by atoms with E-state index in [4.69, 9.17) is 9.15 Å². The van der Waals surface area contributed by atoms with E-state index in [-0.39, 0.29) is 18.2 Å². The third-order valence-corrected chi connectivity index (χ3v) is 3.50. The molecule has 1 aromatic carbocycles. The smallest absolute Gasteiger partial charge is 0.327 e. The number of Topliss-reactive ketones (excluding diaryl/α,β-unsaturated/α-hetero) is 1. The molecular formula is C14H11IO4. The molecule has 98 valence electrons. The van der Waals surface area contributed by atoms with Crippen LogP contribution in [0.1, 0.15) is 16.1 Å². The highest BCUT2D eigenvalue weighted by atomic mass is 127. The van der Waals surface area contributed by atoms with Gasteiger partial charge in [0.25, 0.3) is 0 Å². The van der Waals surface area contributed by atoms with E-state index in [9.17, 15) is 9.59 Å². The number of rotatable bonds is 5. The average Bonchev–Trinajstić information content (AvgIpc) is 2.98. The van der Waals surface area contributed by atoms with Crippen molar-refractivity contribution in [3.63, 3.8) is 0 Å². The third-order valence-electron chi connectivity index (χ3n) is 2.43. The van der Waals surface area contributed by atoms with Gasteiger partial charge in [-0.25, -0.2) is 0 Å². The summed E-state index contributed by atoms with van der Waals surface area (Å²) in [5, 5.41) is 0. The van der Waals surface area contributed by atoms with Gasteiger partial charge in [0.15, 0.2) is 9.68 Å². The molecule has 0 bridgehead atoms. The SMILES string of the molecule is O=C(OCc1ccccc1)C(I)C(=O)c1ccco1. The molecule has 0 aliphatic rings. The van der Waals surface area contributed by atoms with Gasteiger partial charge in [0.2, 0.25) is 5.78 Å². The summed E-state index contributed by atoms with van der Waals surface area (Å²) in [6.45, 7) is 0.157. The summed E-state index contributed by atoms with van der Waals surface area (Å²) in [4.78, 5) is 23.6. The number of carbonyl (C=O) groups is 2. The molecule has 0 aliphatic heterocycles. The fourth-order valence-corrected chi connectivity index (χ4v) is 1.94. The number of alkyl halides is 1. The van der Waals surface area contributed by atoms with Gasteiger partial charge in [0.05, 0.1) is 6.26 Å². The van der Waals surface area contributed by atoms with Crippen molar-refractivity contribution < 1.29 is 18.7 Å². The molecule has 0 aliphatic carbocycles. The number of halogens is 1. The summed E-state index contributed by atoms with van der Waals surface area (Å²) >= 11 is 1.75. The molecule has 5 heteroatoms. The third kappa shape index (κ3) is 3.66. The van der Waals surface area contributed by atoms with Crippen LogP contribution in [0.25, 0.3) is 0 Å². The van der Waals surface area contributed by atoms with Crippen LogP contribution in [0, 0.1) is 0 Å². The van der Waals surface area contributed by atoms with E-state index in [0.29, 0.717) is 0 Å². The molecule has 0 fully saturated rings. The Bertz CT molecular complexity index is 548. The molecular weight excluding hydrogens is 359 g/mol. The molecule has 0 N–H and O–H groups in total. The molecule has 2 rings (SSSR count). The minimum Gasteiger partial charge on any atom is -0.461 e. The standard InChI is InChI=1S/C14H11IO4/c15-12(13(16)11-7-4-8-18-11)14(17)19-9-10-5-2-1-3-6-10/h1-8,12H,9H2. The molecule has 1 aromatic heterocycles. The number of carbonyl (C=O) groups excluding carboxylic acids is 2. The molecule has 1 unspecified atom stereocenters. The van der Waals surface area contributed by atoms with E-state index in [2.05, 4.69) is 0 Å². The van der Waals surface area contributed by atoms with Crippen molar-refractivity contribution in [2.75, 3.05) is 0 Å². The zero-order valence-corrected chi connectivity index (χ0v) is 12.1. The van der Waals surface area contributed by atoms with Gasteiger partial charge < -0.3 is 9.15 Å². The maximum absolute atomic E-state index is 11.9. The Morgan fingerprint density at radius 3 is 2.53 bits per heavy atom.